The van der Waals surface area contributed by atoms with Crippen molar-refractivity contribution in [3.63, 3.8) is 0 Å². The lowest BCUT2D eigenvalue weighted by Crippen LogP contribution is -1.99. The number of hydrogen-bond acceptors (Lipinski definition) is 3. The zero-order valence-electron chi connectivity index (χ0n) is 9.28. The van der Waals surface area contributed by atoms with E-state index in [4.69, 9.17) is 4.74 Å². The molecule has 0 aliphatic carbocycles. The summed E-state index contributed by atoms with van der Waals surface area (Å²) < 4.78 is 5.16. The first kappa shape index (κ1) is 11.4. The largest absolute Gasteiger partial charge is 0.494 e. The zero-order valence-corrected chi connectivity index (χ0v) is 9.28. The van der Waals surface area contributed by atoms with Crippen LogP contribution in [0.5, 0.6) is 5.75 Å². The average Bonchev–Trinajstić information content (AvgIpc) is 2.17. The molecular weight excluding hydrogens is 190 g/mol. The third kappa shape index (κ3) is 3.54. The molecule has 3 heteroatoms. The quantitative estimate of drug-likeness (QED) is 0.709. The molecule has 3 nitrogen and oxygen atoms in total. The van der Waals surface area contributed by atoms with Crippen LogP contribution in [0.25, 0.3) is 0 Å². The fraction of sp³-hybridized carbons (Fsp3) is 0.333. The van der Waals surface area contributed by atoms with Crippen molar-refractivity contribution in [2.45, 2.75) is 20.3 Å². The van der Waals surface area contributed by atoms with Crippen LogP contribution in [0.2, 0.25) is 0 Å². The van der Waals surface area contributed by atoms with Crippen LogP contribution in [-0.2, 0) is 4.79 Å². The van der Waals surface area contributed by atoms with Gasteiger partial charge in [0.25, 0.3) is 0 Å². The predicted octanol–water partition coefficient (Wildman–Crippen LogP) is 2.77. The molecule has 1 rings (SSSR count). The van der Waals surface area contributed by atoms with Gasteiger partial charge in [0.2, 0.25) is 0 Å². The van der Waals surface area contributed by atoms with Crippen molar-refractivity contribution in [2.24, 2.45) is 4.99 Å². The summed E-state index contributed by atoms with van der Waals surface area (Å²) in [6, 6.07) is 7.49. The van der Waals surface area contributed by atoms with Crippen LogP contribution < -0.4 is 4.74 Å². The smallest absolute Gasteiger partial charge is 0.144 e. The molecule has 0 heterocycles. The molecule has 1 aromatic carbocycles. The molecule has 0 spiro atoms. The number of ether oxygens (including phenoxy) is 1. The number of ketones is 1. The Hall–Kier alpha value is -1.64. The van der Waals surface area contributed by atoms with Gasteiger partial charge >= 0.3 is 0 Å². The molecule has 0 N–H and O–H groups in total. The Labute approximate surface area is 89.8 Å². The summed E-state index contributed by atoms with van der Waals surface area (Å²) >= 11 is 0. The maximum absolute atomic E-state index is 10.9. The van der Waals surface area contributed by atoms with Gasteiger partial charge in [-0.3, -0.25) is 9.79 Å². The van der Waals surface area contributed by atoms with Crippen LogP contribution in [0.1, 0.15) is 20.3 Å². The van der Waals surface area contributed by atoms with Crippen molar-refractivity contribution in [3.05, 3.63) is 24.3 Å². The number of methoxy groups -OCH3 is 1. The fourth-order valence-corrected chi connectivity index (χ4v) is 1.33. The molecule has 0 saturated carbocycles. The highest BCUT2D eigenvalue weighted by molar-refractivity contribution is 6.00. The maximum Gasteiger partial charge on any atom is 0.144 e. The Morgan fingerprint density at radius 1 is 1.33 bits per heavy atom. The lowest BCUT2D eigenvalue weighted by molar-refractivity contribution is -0.115. The Morgan fingerprint density at radius 3 is 2.60 bits per heavy atom. The minimum absolute atomic E-state index is 0.117. The Morgan fingerprint density at radius 2 is 2.00 bits per heavy atom. The first-order chi connectivity index (χ1) is 7.13. The number of rotatable bonds is 4. The third-order valence-corrected chi connectivity index (χ3v) is 1.90. The molecule has 1 aromatic rings. The first-order valence-electron chi connectivity index (χ1n) is 4.80. The van der Waals surface area contributed by atoms with E-state index in [1.54, 1.807) is 14.0 Å². The van der Waals surface area contributed by atoms with E-state index in [1.807, 2.05) is 31.2 Å². The summed E-state index contributed by atoms with van der Waals surface area (Å²) in [4.78, 5) is 15.2. The first-order valence-corrected chi connectivity index (χ1v) is 4.80. The molecule has 0 radical (unpaired) electrons. The van der Waals surface area contributed by atoms with Crippen LogP contribution >= 0.6 is 0 Å². The summed E-state index contributed by atoms with van der Waals surface area (Å²) in [5.41, 5.74) is 1.56. The molecule has 0 unspecified atom stereocenters. The van der Waals surface area contributed by atoms with Crippen molar-refractivity contribution in [1.82, 2.24) is 0 Å². The molecule has 0 amide bonds. The number of benzene rings is 1. The second kappa shape index (κ2) is 5.29. The van der Waals surface area contributed by atoms with Gasteiger partial charge in [0.15, 0.2) is 0 Å². The van der Waals surface area contributed by atoms with E-state index >= 15 is 0 Å². The maximum atomic E-state index is 10.9. The van der Waals surface area contributed by atoms with Gasteiger partial charge in [0, 0.05) is 12.1 Å². The van der Waals surface area contributed by atoms with E-state index in [9.17, 15) is 4.79 Å². The number of Topliss-reactive ketones (excluding diaryl/α,β-unsaturated/α-hetero) is 1. The van der Waals surface area contributed by atoms with Gasteiger partial charge in [-0.05, 0) is 26.0 Å². The monoisotopic (exact) mass is 205 g/mol. The highest BCUT2D eigenvalue weighted by Gasteiger charge is 2.01. The molecular formula is C12H15NO2. The van der Waals surface area contributed by atoms with E-state index < -0.39 is 0 Å². The van der Waals surface area contributed by atoms with E-state index in [0.29, 0.717) is 6.42 Å². The number of carbonyl (C=O) groups is 1. The molecule has 0 aromatic heterocycles. The number of carbonyl (C=O) groups excluding carboxylic acids is 1. The molecule has 0 bridgehead atoms. The minimum Gasteiger partial charge on any atom is -0.494 e. The minimum atomic E-state index is 0.117. The normalized spacial score (nSPS) is 11.3. The number of hydrogen-bond donors (Lipinski definition) is 0. The average molecular weight is 205 g/mol. The van der Waals surface area contributed by atoms with Crippen LogP contribution in [0.15, 0.2) is 29.3 Å². The molecule has 0 saturated heterocycles. The van der Waals surface area contributed by atoms with Crippen LogP contribution in [0.3, 0.4) is 0 Å². The molecule has 80 valence electrons. The molecule has 0 fully saturated rings. The molecule has 0 aliphatic rings. The van der Waals surface area contributed by atoms with Crippen LogP contribution in [0, 0.1) is 0 Å². The van der Waals surface area contributed by atoms with E-state index in [1.165, 1.54) is 0 Å². The lowest BCUT2D eigenvalue weighted by Gasteiger charge is -2.04. The Balaban J connectivity index is 2.91. The van der Waals surface area contributed by atoms with Crippen molar-refractivity contribution >= 4 is 17.2 Å². The zero-order chi connectivity index (χ0) is 11.3. The highest BCUT2D eigenvalue weighted by Crippen LogP contribution is 2.26. The number of para-hydroxylation sites is 2. The van der Waals surface area contributed by atoms with E-state index in [0.717, 1.165) is 17.1 Å². The van der Waals surface area contributed by atoms with Gasteiger partial charge in [-0.1, -0.05) is 12.1 Å². The molecule has 0 atom stereocenters. The van der Waals surface area contributed by atoms with E-state index in [-0.39, 0.29) is 5.78 Å². The summed E-state index contributed by atoms with van der Waals surface area (Å²) in [5, 5.41) is 0. The topological polar surface area (TPSA) is 38.7 Å². The van der Waals surface area contributed by atoms with Crippen LogP contribution in [-0.4, -0.2) is 18.6 Å². The second-order valence-corrected chi connectivity index (χ2v) is 3.40. The summed E-state index contributed by atoms with van der Waals surface area (Å²) in [6.45, 7) is 3.40. The standard InChI is InChI=1S/C12H15NO2/c1-9(8-10(2)14)13-11-6-4-5-7-12(11)15-3/h4-7H,8H2,1-3H3. The predicted molar refractivity (Wildman–Crippen MR) is 61.1 cm³/mol. The fourth-order valence-electron chi connectivity index (χ4n) is 1.33. The lowest BCUT2D eigenvalue weighted by atomic mass is 10.2. The Bertz CT molecular complexity index is 383. The van der Waals surface area contributed by atoms with Crippen molar-refractivity contribution in [2.75, 3.05) is 7.11 Å². The van der Waals surface area contributed by atoms with Crippen molar-refractivity contribution < 1.29 is 9.53 Å². The van der Waals surface area contributed by atoms with Crippen molar-refractivity contribution in [1.29, 1.82) is 0 Å². The molecule has 0 aliphatic heterocycles. The molecule has 15 heavy (non-hydrogen) atoms. The summed E-state index contributed by atoms with van der Waals surface area (Å²) in [7, 11) is 1.61. The van der Waals surface area contributed by atoms with Gasteiger partial charge in [-0.15, -0.1) is 0 Å². The van der Waals surface area contributed by atoms with Gasteiger partial charge in [-0.2, -0.15) is 0 Å². The third-order valence-electron chi connectivity index (χ3n) is 1.90. The van der Waals surface area contributed by atoms with E-state index in [2.05, 4.69) is 4.99 Å². The highest BCUT2D eigenvalue weighted by atomic mass is 16.5. The van der Waals surface area contributed by atoms with Crippen molar-refractivity contribution in [3.8, 4) is 5.75 Å². The number of nitrogens with zero attached hydrogens (tertiary/aromatic N) is 1. The second-order valence-electron chi connectivity index (χ2n) is 3.40. The van der Waals surface area contributed by atoms with Gasteiger partial charge in [0.05, 0.1) is 7.11 Å². The van der Waals surface area contributed by atoms with Gasteiger partial charge in [0.1, 0.15) is 17.2 Å². The summed E-state index contributed by atoms with van der Waals surface area (Å²) in [6.07, 6.45) is 0.387. The van der Waals surface area contributed by atoms with Gasteiger partial charge in [-0.25, -0.2) is 0 Å². The Kier molecular flexibility index (Phi) is 4.03. The number of aliphatic imine (C=N–C) groups is 1. The summed E-state index contributed by atoms with van der Waals surface area (Å²) in [5.74, 6) is 0.839. The van der Waals surface area contributed by atoms with Gasteiger partial charge < -0.3 is 4.74 Å². The van der Waals surface area contributed by atoms with Crippen LogP contribution in [0.4, 0.5) is 5.69 Å². The SMILES string of the molecule is COc1ccccc1N=C(C)CC(C)=O.